The van der Waals surface area contributed by atoms with E-state index in [9.17, 15) is 9.90 Å². The third-order valence-electron chi connectivity index (χ3n) is 3.01. The maximum Gasteiger partial charge on any atom is 0.407 e. The van der Waals surface area contributed by atoms with Crippen molar-refractivity contribution in [3.8, 4) is 0 Å². The highest BCUT2D eigenvalue weighted by molar-refractivity contribution is 5.67. The van der Waals surface area contributed by atoms with Crippen LogP contribution in [0, 0.1) is 0 Å². The summed E-state index contributed by atoms with van der Waals surface area (Å²) in [5.74, 6) is 0. The van der Waals surface area contributed by atoms with E-state index >= 15 is 0 Å². The summed E-state index contributed by atoms with van der Waals surface area (Å²) >= 11 is 0. The molecule has 2 rings (SSSR count). The van der Waals surface area contributed by atoms with Gasteiger partial charge in [-0.1, -0.05) is 30.3 Å². The lowest BCUT2D eigenvalue weighted by Gasteiger charge is -2.10. The summed E-state index contributed by atoms with van der Waals surface area (Å²) in [6, 6.07) is 9.41. The van der Waals surface area contributed by atoms with Gasteiger partial charge in [0, 0.05) is 18.3 Å². The highest BCUT2D eigenvalue weighted by Crippen LogP contribution is 2.10. The lowest BCUT2D eigenvalue weighted by Crippen LogP contribution is -2.28. The molecule has 0 saturated heterocycles. The zero-order valence-corrected chi connectivity index (χ0v) is 11.9. The Morgan fingerprint density at radius 3 is 2.86 bits per heavy atom. The number of nitrogens with zero attached hydrogens (tertiary/aromatic N) is 2. The Morgan fingerprint density at radius 1 is 1.43 bits per heavy atom. The van der Waals surface area contributed by atoms with Crippen LogP contribution in [0.1, 0.15) is 24.2 Å². The number of alkyl carbamates (subject to hydrolysis) is 1. The molecule has 1 unspecified atom stereocenters. The summed E-state index contributed by atoms with van der Waals surface area (Å²) in [4.78, 5) is 11.5. The van der Waals surface area contributed by atoms with Crippen molar-refractivity contribution in [1.82, 2.24) is 15.1 Å². The number of carbonyl (C=O) groups excluding carboxylic acids is 1. The van der Waals surface area contributed by atoms with Crippen molar-refractivity contribution in [1.29, 1.82) is 0 Å². The van der Waals surface area contributed by atoms with Crippen LogP contribution in [0.25, 0.3) is 0 Å². The van der Waals surface area contributed by atoms with Gasteiger partial charge in [0.2, 0.25) is 0 Å². The average molecular weight is 289 g/mol. The van der Waals surface area contributed by atoms with Gasteiger partial charge in [-0.05, 0) is 12.5 Å². The quantitative estimate of drug-likeness (QED) is 0.851. The van der Waals surface area contributed by atoms with Gasteiger partial charge in [-0.15, -0.1) is 0 Å². The SMILES string of the molecule is CCn1cc(C(O)CNC(=O)OCc2ccccc2)cn1. The van der Waals surface area contributed by atoms with Gasteiger partial charge in [0.1, 0.15) is 6.61 Å². The number of rotatable bonds is 6. The number of aryl methyl sites for hydroxylation is 1. The highest BCUT2D eigenvalue weighted by Gasteiger charge is 2.12. The van der Waals surface area contributed by atoms with Crippen LogP contribution in [0.3, 0.4) is 0 Å². The van der Waals surface area contributed by atoms with Crippen molar-refractivity contribution in [3.63, 3.8) is 0 Å². The minimum absolute atomic E-state index is 0.0863. The van der Waals surface area contributed by atoms with Crippen LogP contribution in [-0.4, -0.2) is 27.5 Å². The topological polar surface area (TPSA) is 76.4 Å². The first-order valence-corrected chi connectivity index (χ1v) is 6.84. The maximum absolute atomic E-state index is 11.5. The maximum atomic E-state index is 11.5. The van der Waals surface area contributed by atoms with Gasteiger partial charge in [0.15, 0.2) is 0 Å². The summed E-state index contributed by atoms with van der Waals surface area (Å²) in [5, 5.41) is 16.5. The lowest BCUT2D eigenvalue weighted by molar-refractivity contribution is 0.126. The first-order valence-electron chi connectivity index (χ1n) is 6.84. The number of aromatic nitrogens is 2. The Bertz CT molecular complexity index is 569. The molecule has 1 amide bonds. The molecular weight excluding hydrogens is 270 g/mol. The zero-order chi connectivity index (χ0) is 15.1. The number of benzene rings is 1. The van der Waals surface area contributed by atoms with Gasteiger partial charge in [-0.25, -0.2) is 4.79 Å². The molecule has 1 atom stereocenters. The van der Waals surface area contributed by atoms with Crippen LogP contribution in [0.5, 0.6) is 0 Å². The number of hydrogen-bond donors (Lipinski definition) is 2. The molecule has 6 nitrogen and oxygen atoms in total. The third kappa shape index (κ3) is 4.61. The van der Waals surface area contributed by atoms with Crippen molar-refractivity contribution >= 4 is 6.09 Å². The van der Waals surface area contributed by atoms with Crippen molar-refractivity contribution < 1.29 is 14.6 Å². The van der Waals surface area contributed by atoms with E-state index in [4.69, 9.17) is 4.74 Å². The van der Waals surface area contributed by atoms with Gasteiger partial charge < -0.3 is 15.2 Å². The Morgan fingerprint density at radius 2 is 2.19 bits per heavy atom. The molecule has 1 heterocycles. The fraction of sp³-hybridized carbons (Fsp3) is 0.333. The first-order chi connectivity index (χ1) is 10.2. The fourth-order valence-electron chi connectivity index (χ4n) is 1.80. The molecule has 0 aliphatic carbocycles. The second-order valence-corrected chi connectivity index (χ2v) is 4.59. The monoisotopic (exact) mass is 289 g/mol. The second-order valence-electron chi connectivity index (χ2n) is 4.59. The largest absolute Gasteiger partial charge is 0.445 e. The average Bonchev–Trinajstić information content (AvgIpc) is 3.00. The summed E-state index contributed by atoms with van der Waals surface area (Å²) in [5.41, 5.74) is 1.58. The molecule has 0 radical (unpaired) electrons. The van der Waals surface area contributed by atoms with Gasteiger partial charge in [-0.3, -0.25) is 4.68 Å². The van der Waals surface area contributed by atoms with Crippen molar-refractivity contribution in [3.05, 3.63) is 53.9 Å². The molecule has 0 spiro atoms. The van der Waals surface area contributed by atoms with Crippen molar-refractivity contribution in [2.45, 2.75) is 26.2 Å². The number of ether oxygens (including phenoxy) is 1. The van der Waals surface area contributed by atoms with Crippen LogP contribution < -0.4 is 5.32 Å². The Balaban J connectivity index is 1.73. The Hall–Kier alpha value is -2.34. The van der Waals surface area contributed by atoms with E-state index in [1.807, 2.05) is 37.3 Å². The zero-order valence-electron chi connectivity index (χ0n) is 11.9. The number of aliphatic hydroxyl groups excluding tert-OH is 1. The van der Waals surface area contributed by atoms with E-state index in [-0.39, 0.29) is 13.2 Å². The number of carbonyl (C=O) groups is 1. The molecule has 1 aromatic heterocycles. The van der Waals surface area contributed by atoms with Crippen LogP contribution >= 0.6 is 0 Å². The molecule has 21 heavy (non-hydrogen) atoms. The molecule has 2 aromatic rings. The number of amides is 1. The molecule has 0 aliphatic heterocycles. The molecule has 0 aliphatic rings. The first kappa shape index (κ1) is 15.1. The third-order valence-corrected chi connectivity index (χ3v) is 3.01. The molecule has 2 N–H and O–H groups in total. The second kappa shape index (κ2) is 7.44. The number of aliphatic hydroxyl groups is 1. The van der Waals surface area contributed by atoms with Crippen LogP contribution in [0.15, 0.2) is 42.7 Å². The van der Waals surface area contributed by atoms with E-state index in [2.05, 4.69) is 10.4 Å². The Kier molecular flexibility index (Phi) is 5.34. The van der Waals surface area contributed by atoms with E-state index in [1.54, 1.807) is 17.1 Å². The molecule has 0 saturated carbocycles. The minimum Gasteiger partial charge on any atom is -0.445 e. The molecule has 0 fully saturated rings. The van der Waals surface area contributed by atoms with Crippen LogP contribution in [-0.2, 0) is 17.9 Å². The van der Waals surface area contributed by atoms with Gasteiger partial charge in [0.25, 0.3) is 0 Å². The number of nitrogens with one attached hydrogen (secondary N) is 1. The standard InChI is InChI=1S/C15H19N3O3/c1-2-18-10-13(8-17-18)14(19)9-16-15(20)21-11-12-6-4-3-5-7-12/h3-8,10,14,19H,2,9,11H2,1H3,(H,16,20). The molecule has 112 valence electrons. The van der Waals surface area contributed by atoms with Gasteiger partial charge in [-0.2, -0.15) is 5.10 Å². The fourth-order valence-corrected chi connectivity index (χ4v) is 1.80. The smallest absolute Gasteiger partial charge is 0.407 e. The van der Waals surface area contributed by atoms with Gasteiger partial charge >= 0.3 is 6.09 Å². The molecule has 0 bridgehead atoms. The van der Waals surface area contributed by atoms with Gasteiger partial charge in [0.05, 0.1) is 18.8 Å². The van der Waals surface area contributed by atoms with E-state index in [1.165, 1.54) is 0 Å². The molecule has 6 heteroatoms. The summed E-state index contributed by atoms with van der Waals surface area (Å²) in [6.45, 7) is 2.99. The minimum atomic E-state index is -0.797. The highest BCUT2D eigenvalue weighted by atomic mass is 16.5. The summed E-state index contributed by atoms with van der Waals surface area (Å²) < 4.78 is 6.77. The predicted octanol–water partition coefficient (Wildman–Crippen LogP) is 1.86. The van der Waals surface area contributed by atoms with Crippen LogP contribution in [0.4, 0.5) is 4.79 Å². The lowest BCUT2D eigenvalue weighted by atomic mass is 10.2. The van der Waals surface area contributed by atoms with E-state index < -0.39 is 12.2 Å². The predicted molar refractivity (Wildman–Crippen MR) is 77.5 cm³/mol. The summed E-state index contributed by atoms with van der Waals surface area (Å²) in [6.07, 6.45) is 1.99. The van der Waals surface area contributed by atoms with Crippen molar-refractivity contribution in [2.75, 3.05) is 6.54 Å². The normalized spacial score (nSPS) is 11.9. The number of hydrogen-bond acceptors (Lipinski definition) is 4. The van der Waals surface area contributed by atoms with Crippen LogP contribution in [0.2, 0.25) is 0 Å². The molecule has 1 aromatic carbocycles. The van der Waals surface area contributed by atoms with E-state index in [0.717, 1.165) is 12.1 Å². The summed E-state index contributed by atoms with van der Waals surface area (Å²) in [7, 11) is 0. The molecular formula is C15H19N3O3. The van der Waals surface area contributed by atoms with E-state index in [0.29, 0.717) is 5.56 Å². The van der Waals surface area contributed by atoms with Crippen molar-refractivity contribution in [2.24, 2.45) is 0 Å². The Labute approximate surface area is 123 Å².